The molecule has 1 unspecified atom stereocenters. The van der Waals surface area contributed by atoms with Crippen LogP contribution in [-0.2, 0) is 9.53 Å². The minimum absolute atomic E-state index is 0.100. The third-order valence-corrected chi connectivity index (χ3v) is 2.36. The van der Waals surface area contributed by atoms with Crippen molar-refractivity contribution in [3.8, 4) is 0 Å². The molecule has 1 saturated heterocycles. The third-order valence-electron chi connectivity index (χ3n) is 2.36. The minimum Gasteiger partial charge on any atom is -0.369 e. The quantitative estimate of drug-likeness (QED) is 0.706. The summed E-state index contributed by atoms with van der Waals surface area (Å²) < 4.78 is 5.21. The topological polar surface area (TPSA) is 55.6 Å². The molecule has 1 amide bonds. The molecular weight excluding hydrogens is 180 g/mol. The molecule has 0 aromatic rings. The first kappa shape index (κ1) is 11.5. The predicted molar refractivity (Wildman–Crippen MR) is 54.8 cm³/mol. The summed E-state index contributed by atoms with van der Waals surface area (Å²) >= 11 is 0. The van der Waals surface area contributed by atoms with Crippen molar-refractivity contribution in [1.82, 2.24) is 4.90 Å². The molecule has 4 heteroatoms. The van der Waals surface area contributed by atoms with E-state index in [2.05, 4.69) is 13.8 Å². The lowest BCUT2D eigenvalue weighted by Gasteiger charge is -2.36. The van der Waals surface area contributed by atoms with Gasteiger partial charge in [0.25, 0.3) is 0 Å². The van der Waals surface area contributed by atoms with Crippen molar-refractivity contribution in [3.63, 3.8) is 0 Å². The van der Waals surface area contributed by atoms with Crippen LogP contribution in [0, 0.1) is 5.92 Å². The van der Waals surface area contributed by atoms with Crippen LogP contribution in [0.25, 0.3) is 0 Å². The van der Waals surface area contributed by atoms with E-state index in [-0.39, 0.29) is 18.6 Å². The van der Waals surface area contributed by atoms with Crippen molar-refractivity contribution in [1.29, 1.82) is 0 Å². The van der Waals surface area contributed by atoms with Gasteiger partial charge in [0.05, 0.1) is 12.6 Å². The Balaban J connectivity index is 2.56. The van der Waals surface area contributed by atoms with E-state index in [1.165, 1.54) is 0 Å². The standard InChI is InChI=1S/C10H20N2O2/c1-8(2)5-12-9(3-4-11)6-14-7-10(12)13/h8-9H,3-7,11H2,1-2H3. The van der Waals surface area contributed by atoms with Crippen molar-refractivity contribution >= 4 is 5.91 Å². The maximum absolute atomic E-state index is 11.6. The van der Waals surface area contributed by atoms with E-state index in [4.69, 9.17) is 10.5 Å². The van der Waals surface area contributed by atoms with Gasteiger partial charge in [-0.15, -0.1) is 0 Å². The zero-order valence-corrected chi connectivity index (χ0v) is 9.03. The number of nitrogens with two attached hydrogens (primary N) is 1. The van der Waals surface area contributed by atoms with Crippen LogP contribution in [0.1, 0.15) is 20.3 Å². The van der Waals surface area contributed by atoms with E-state index in [0.717, 1.165) is 13.0 Å². The Hall–Kier alpha value is -0.610. The monoisotopic (exact) mass is 200 g/mol. The number of nitrogens with zero attached hydrogens (tertiary/aromatic N) is 1. The van der Waals surface area contributed by atoms with Gasteiger partial charge in [-0.1, -0.05) is 13.8 Å². The zero-order valence-electron chi connectivity index (χ0n) is 9.03. The van der Waals surface area contributed by atoms with E-state index in [9.17, 15) is 4.79 Å². The van der Waals surface area contributed by atoms with Gasteiger partial charge in [-0.25, -0.2) is 0 Å². The summed E-state index contributed by atoms with van der Waals surface area (Å²) in [5.74, 6) is 0.598. The highest BCUT2D eigenvalue weighted by atomic mass is 16.5. The fourth-order valence-corrected chi connectivity index (χ4v) is 1.73. The minimum atomic E-state index is 0.100. The maximum atomic E-state index is 11.6. The second kappa shape index (κ2) is 5.32. The largest absolute Gasteiger partial charge is 0.369 e. The van der Waals surface area contributed by atoms with Gasteiger partial charge in [-0.05, 0) is 18.9 Å². The second-order valence-corrected chi connectivity index (χ2v) is 4.19. The number of ether oxygens (including phenoxy) is 1. The highest BCUT2D eigenvalue weighted by molar-refractivity contribution is 5.78. The number of hydrogen-bond donors (Lipinski definition) is 1. The number of amides is 1. The molecule has 1 aliphatic heterocycles. The van der Waals surface area contributed by atoms with Gasteiger partial charge in [0.2, 0.25) is 5.91 Å². The first-order chi connectivity index (χ1) is 6.65. The molecule has 1 aliphatic rings. The molecule has 0 spiro atoms. The van der Waals surface area contributed by atoms with Crippen LogP contribution in [0.5, 0.6) is 0 Å². The summed E-state index contributed by atoms with van der Waals surface area (Å²) in [5, 5.41) is 0. The zero-order chi connectivity index (χ0) is 10.6. The molecule has 2 N–H and O–H groups in total. The summed E-state index contributed by atoms with van der Waals surface area (Å²) in [4.78, 5) is 13.5. The van der Waals surface area contributed by atoms with Crippen LogP contribution in [0.4, 0.5) is 0 Å². The Morgan fingerprint density at radius 2 is 2.36 bits per heavy atom. The third kappa shape index (κ3) is 2.96. The van der Waals surface area contributed by atoms with Gasteiger partial charge >= 0.3 is 0 Å². The molecule has 0 aromatic heterocycles. The van der Waals surface area contributed by atoms with Crippen LogP contribution in [0.15, 0.2) is 0 Å². The lowest BCUT2D eigenvalue weighted by molar-refractivity contribution is -0.149. The first-order valence-corrected chi connectivity index (χ1v) is 5.22. The summed E-state index contributed by atoms with van der Waals surface area (Å²) in [6.07, 6.45) is 0.832. The summed E-state index contributed by atoms with van der Waals surface area (Å²) in [5.41, 5.74) is 5.50. The number of morpholine rings is 1. The van der Waals surface area contributed by atoms with Crippen molar-refractivity contribution in [3.05, 3.63) is 0 Å². The van der Waals surface area contributed by atoms with Crippen molar-refractivity contribution in [2.75, 3.05) is 26.3 Å². The summed E-state index contributed by atoms with van der Waals surface area (Å²) in [7, 11) is 0. The van der Waals surface area contributed by atoms with E-state index in [1.807, 2.05) is 4.90 Å². The smallest absolute Gasteiger partial charge is 0.248 e. The Morgan fingerprint density at radius 1 is 1.64 bits per heavy atom. The second-order valence-electron chi connectivity index (χ2n) is 4.19. The maximum Gasteiger partial charge on any atom is 0.248 e. The van der Waals surface area contributed by atoms with Gasteiger partial charge in [0.15, 0.2) is 0 Å². The van der Waals surface area contributed by atoms with Gasteiger partial charge in [-0.2, -0.15) is 0 Å². The first-order valence-electron chi connectivity index (χ1n) is 5.22. The molecule has 1 rings (SSSR count). The summed E-state index contributed by atoms with van der Waals surface area (Å²) in [6, 6.07) is 0.184. The normalized spacial score (nSPS) is 23.3. The lowest BCUT2D eigenvalue weighted by Crippen LogP contribution is -2.51. The van der Waals surface area contributed by atoms with Gasteiger partial charge < -0.3 is 15.4 Å². The SMILES string of the molecule is CC(C)CN1C(=O)COCC1CCN. The van der Waals surface area contributed by atoms with Crippen LogP contribution >= 0.6 is 0 Å². The Morgan fingerprint density at radius 3 is 2.93 bits per heavy atom. The fraction of sp³-hybridized carbons (Fsp3) is 0.900. The van der Waals surface area contributed by atoms with Crippen LogP contribution in [0.3, 0.4) is 0 Å². The Labute approximate surface area is 85.4 Å². The van der Waals surface area contributed by atoms with E-state index < -0.39 is 0 Å². The number of rotatable bonds is 4. The fourth-order valence-electron chi connectivity index (χ4n) is 1.73. The van der Waals surface area contributed by atoms with Crippen LogP contribution in [-0.4, -0.2) is 43.2 Å². The van der Waals surface area contributed by atoms with Gasteiger partial charge in [-0.3, -0.25) is 4.79 Å². The van der Waals surface area contributed by atoms with Crippen LogP contribution in [0.2, 0.25) is 0 Å². The number of carbonyl (C=O) groups excluding carboxylic acids is 1. The molecule has 1 fully saturated rings. The molecule has 0 radical (unpaired) electrons. The highest BCUT2D eigenvalue weighted by Gasteiger charge is 2.28. The molecule has 1 atom stereocenters. The van der Waals surface area contributed by atoms with Crippen molar-refractivity contribution in [2.45, 2.75) is 26.3 Å². The molecule has 0 aliphatic carbocycles. The van der Waals surface area contributed by atoms with Crippen molar-refractivity contribution in [2.24, 2.45) is 11.7 Å². The number of hydrogen-bond acceptors (Lipinski definition) is 3. The molecule has 0 bridgehead atoms. The van der Waals surface area contributed by atoms with E-state index >= 15 is 0 Å². The molecule has 1 heterocycles. The van der Waals surface area contributed by atoms with E-state index in [0.29, 0.717) is 19.1 Å². The average molecular weight is 200 g/mol. The molecule has 4 nitrogen and oxygen atoms in total. The van der Waals surface area contributed by atoms with E-state index in [1.54, 1.807) is 0 Å². The van der Waals surface area contributed by atoms with Gasteiger partial charge in [0, 0.05) is 6.54 Å². The molecular formula is C10H20N2O2. The predicted octanol–water partition coefficient (Wildman–Crippen LogP) is 0.219. The highest BCUT2D eigenvalue weighted by Crippen LogP contribution is 2.13. The Bertz CT molecular complexity index is 193. The lowest BCUT2D eigenvalue weighted by atomic mass is 10.1. The van der Waals surface area contributed by atoms with Gasteiger partial charge in [0.1, 0.15) is 6.61 Å². The average Bonchev–Trinajstić information content (AvgIpc) is 2.11. The Kier molecular flexibility index (Phi) is 4.35. The molecule has 0 saturated carbocycles. The van der Waals surface area contributed by atoms with Crippen molar-refractivity contribution < 1.29 is 9.53 Å². The van der Waals surface area contributed by atoms with Crippen LogP contribution < -0.4 is 5.73 Å². The molecule has 14 heavy (non-hydrogen) atoms. The molecule has 0 aromatic carbocycles. The number of carbonyl (C=O) groups is 1. The molecule has 82 valence electrons. The summed E-state index contributed by atoms with van der Waals surface area (Å²) in [6.45, 7) is 6.51.